The molecule has 0 atom stereocenters. The Bertz CT molecular complexity index is 794. The van der Waals surface area contributed by atoms with Gasteiger partial charge in [0.2, 0.25) is 11.8 Å². The van der Waals surface area contributed by atoms with Gasteiger partial charge >= 0.3 is 0 Å². The van der Waals surface area contributed by atoms with Crippen molar-refractivity contribution in [2.24, 2.45) is 0 Å². The lowest BCUT2D eigenvalue weighted by molar-refractivity contribution is 0.301. The lowest BCUT2D eigenvalue weighted by Gasteiger charge is -2.09. The molecule has 1 aromatic carbocycles. The van der Waals surface area contributed by atoms with Gasteiger partial charge in [0.15, 0.2) is 5.82 Å². The molecule has 22 heavy (non-hydrogen) atoms. The van der Waals surface area contributed by atoms with E-state index in [-0.39, 0.29) is 12.5 Å². The van der Waals surface area contributed by atoms with Crippen LogP contribution in [0.2, 0.25) is 0 Å². The molecule has 112 valence electrons. The monoisotopic (exact) mass is 298 g/mol. The van der Waals surface area contributed by atoms with E-state index in [9.17, 15) is 4.39 Å². The van der Waals surface area contributed by atoms with Crippen molar-refractivity contribution in [2.75, 3.05) is 18.5 Å². The third-order valence-corrected chi connectivity index (χ3v) is 3.14. The quantitative estimate of drug-likeness (QED) is 0.734. The van der Waals surface area contributed by atoms with Gasteiger partial charge in [-0.3, -0.25) is 0 Å². The first-order valence-electron chi connectivity index (χ1n) is 6.94. The number of nitrogens with one attached hydrogen (secondary N) is 1. The summed E-state index contributed by atoms with van der Waals surface area (Å²) in [6.07, 6.45) is 1.49. The molecule has 0 spiro atoms. The molecule has 0 saturated carbocycles. The molecule has 6 heteroatoms. The number of nitrogens with zero attached hydrogens (tertiary/aromatic N) is 3. The van der Waals surface area contributed by atoms with Gasteiger partial charge in [-0.2, -0.15) is 0 Å². The second-order valence-corrected chi connectivity index (χ2v) is 4.72. The summed E-state index contributed by atoms with van der Waals surface area (Å²) in [5.41, 5.74) is 1.79. The lowest BCUT2D eigenvalue weighted by atomic mass is 10.2. The number of benzene rings is 1. The summed E-state index contributed by atoms with van der Waals surface area (Å²) in [4.78, 5) is 12.6. The van der Waals surface area contributed by atoms with E-state index in [4.69, 9.17) is 4.74 Å². The van der Waals surface area contributed by atoms with Gasteiger partial charge in [-0.25, -0.2) is 19.3 Å². The first-order valence-corrected chi connectivity index (χ1v) is 6.94. The molecular weight excluding hydrogens is 283 g/mol. The van der Waals surface area contributed by atoms with Crippen LogP contribution < -0.4 is 10.1 Å². The van der Waals surface area contributed by atoms with Gasteiger partial charge in [0.1, 0.15) is 6.61 Å². The molecule has 1 N–H and O–H groups in total. The minimum absolute atomic E-state index is 0.0000830. The fraction of sp³-hybridized carbons (Fsp3) is 0.188. The van der Waals surface area contributed by atoms with Crippen LogP contribution in [0.3, 0.4) is 0 Å². The molecule has 0 radical (unpaired) electrons. The number of aryl methyl sites for hydroxylation is 1. The minimum atomic E-state index is -0.472. The Morgan fingerprint density at radius 3 is 2.86 bits per heavy atom. The summed E-state index contributed by atoms with van der Waals surface area (Å²) in [7, 11) is 0. The molecule has 0 bridgehead atoms. The fourth-order valence-electron chi connectivity index (χ4n) is 2.10. The highest BCUT2D eigenvalue weighted by atomic mass is 19.1. The summed E-state index contributed by atoms with van der Waals surface area (Å²) in [5.74, 6) is 0.0569. The van der Waals surface area contributed by atoms with Crippen LogP contribution in [0.5, 0.6) is 5.88 Å². The maximum Gasteiger partial charge on any atom is 0.250 e. The predicted octanol–water partition coefficient (Wildman–Crippen LogP) is 2.96. The fourth-order valence-corrected chi connectivity index (χ4v) is 2.10. The highest BCUT2D eigenvalue weighted by molar-refractivity contribution is 5.81. The molecule has 2 heterocycles. The van der Waals surface area contributed by atoms with Crippen LogP contribution in [0.4, 0.5) is 10.3 Å². The Labute approximate surface area is 127 Å². The van der Waals surface area contributed by atoms with Gasteiger partial charge in [0.25, 0.3) is 0 Å². The normalized spacial score (nSPS) is 10.6. The molecule has 0 aliphatic rings. The zero-order valence-corrected chi connectivity index (χ0v) is 12.1. The molecule has 0 saturated heterocycles. The third kappa shape index (κ3) is 3.11. The number of para-hydroxylation sites is 1. The Hall–Kier alpha value is -2.76. The molecular formula is C16H15FN4O. The lowest BCUT2D eigenvalue weighted by Crippen LogP contribution is -2.14. The first kappa shape index (κ1) is 14.2. The number of ether oxygens (including phenoxy) is 1. The molecule has 3 aromatic rings. The maximum absolute atomic E-state index is 13.3. The summed E-state index contributed by atoms with van der Waals surface area (Å²) in [6, 6.07) is 10.7. The maximum atomic E-state index is 13.3. The number of aromatic nitrogens is 3. The van der Waals surface area contributed by atoms with Gasteiger partial charge < -0.3 is 10.1 Å². The van der Waals surface area contributed by atoms with Crippen LogP contribution in [-0.2, 0) is 0 Å². The standard InChI is InChI=1S/C16H15FN4O/c1-11-12-5-2-3-7-14(12)21-16(20-11)19-9-10-22-15-13(17)6-4-8-18-15/h2-8H,9-10H2,1H3,(H,19,20,21). The van der Waals surface area contributed by atoms with Crippen molar-refractivity contribution in [3.05, 3.63) is 54.1 Å². The zero-order chi connectivity index (χ0) is 15.4. The van der Waals surface area contributed by atoms with Crippen molar-refractivity contribution in [3.63, 3.8) is 0 Å². The van der Waals surface area contributed by atoms with Gasteiger partial charge in [0, 0.05) is 11.6 Å². The van der Waals surface area contributed by atoms with Crippen LogP contribution in [0.25, 0.3) is 10.9 Å². The van der Waals surface area contributed by atoms with Crippen molar-refractivity contribution in [1.82, 2.24) is 15.0 Å². The average molecular weight is 298 g/mol. The van der Waals surface area contributed by atoms with Gasteiger partial charge in [-0.1, -0.05) is 18.2 Å². The zero-order valence-electron chi connectivity index (χ0n) is 12.1. The number of anilines is 1. The molecule has 0 fully saturated rings. The van der Waals surface area contributed by atoms with Crippen LogP contribution >= 0.6 is 0 Å². The van der Waals surface area contributed by atoms with Crippen LogP contribution in [0.15, 0.2) is 42.6 Å². The van der Waals surface area contributed by atoms with E-state index in [0.717, 1.165) is 16.6 Å². The molecule has 0 unspecified atom stereocenters. The van der Waals surface area contributed by atoms with E-state index in [1.165, 1.54) is 18.3 Å². The van der Waals surface area contributed by atoms with E-state index >= 15 is 0 Å². The second-order valence-electron chi connectivity index (χ2n) is 4.72. The Morgan fingerprint density at radius 2 is 2.00 bits per heavy atom. The van der Waals surface area contributed by atoms with E-state index in [2.05, 4.69) is 20.3 Å². The van der Waals surface area contributed by atoms with Crippen LogP contribution in [0.1, 0.15) is 5.69 Å². The molecule has 0 aliphatic heterocycles. The van der Waals surface area contributed by atoms with E-state index < -0.39 is 5.82 Å². The first-order chi connectivity index (χ1) is 10.7. The smallest absolute Gasteiger partial charge is 0.250 e. The topological polar surface area (TPSA) is 59.9 Å². The van der Waals surface area contributed by atoms with Crippen molar-refractivity contribution in [2.45, 2.75) is 6.92 Å². The van der Waals surface area contributed by atoms with Gasteiger partial charge in [-0.15, -0.1) is 0 Å². The third-order valence-electron chi connectivity index (χ3n) is 3.14. The highest BCUT2D eigenvalue weighted by Gasteiger charge is 2.05. The van der Waals surface area contributed by atoms with Crippen LogP contribution in [-0.4, -0.2) is 28.1 Å². The van der Waals surface area contributed by atoms with Crippen molar-refractivity contribution >= 4 is 16.9 Å². The van der Waals surface area contributed by atoms with Crippen molar-refractivity contribution < 1.29 is 9.13 Å². The second kappa shape index (κ2) is 6.34. The molecule has 5 nitrogen and oxygen atoms in total. The van der Waals surface area contributed by atoms with Crippen molar-refractivity contribution in [1.29, 1.82) is 0 Å². The number of pyridine rings is 1. The van der Waals surface area contributed by atoms with Crippen LogP contribution in [0, 0.1) is 12.7 Å². The number of hydrogen-bond acceptors (Lipinski definition) is 5. The van der Waals surface area contributed by atoms with E-state index in [1.54, 1.807) is 0 Å². The highest BCUT2D eigenvalue weighted by Crippen LogP contribution is 2.16. The summed E-state index contributed by atoms with van der Waals surface area (Å²) in [5, 5.41) is 4.10. The van der Waals surface area contributed by atoms with E-state index in [1.807, 2.05) is 31.2 Å². The number of fused-ring (bicyclic) bond motifs is 1. The molecule has 0 amide bonds. The van der Waals surface area contributed by atoms with E-state index in [0.29, 0.717) is 12.5 Å². The number of hydrogen-bond donors (Lipinski definition) is 1. The number of halogens is 1. The SMILES string of the molecule is Cc1nc(NCCOc2ncccc2F)nc2ccccc12. The Morgan fingerprint density at radius 1 is 1.14 bits per heavy atom. The molecule has 0 aliphatic carbocycles. The summed E-state index contributed by atoms with van der Waals surface area (Å²) >= 11 is 0. The summed E-state index contributed by atoms with van der Waals surface area (Å²) < 4.78 is 18.6. The van der Waals surface area contributed by atoms with Gasteiger partial charge in [0.05, 0.1) is 17.8 Å². The Kier molecular flexibility index (Phi) is 4.09. The summed E-state index contributed by atoms with van der Waals surface area (Å²) in [6.45, 7) is 2.66. The largest absolute Gasteiger partial charge is 0.474 e. The Balaban J connectivity index is 1.61. The van der Waals surface area contributed by atoms with Gasteiger partial charge in [-0.05, 0) is 25.1 Å². The number of rotatable bonds is 5. The molecule has 2 aromatic heterocycles. The average Bonchev–Trinajstić information content (AvgIpc) is 2.53. The minimum Gasteiger partial charge on any atom is -0.474 e. The predicted molar refractivity (Wildman–Crippen MR) is 82.5 cm³/mol. The van der Waals surface area contributed by atoms with Crippen molar-refractivity contribution in [3.8, 4) is 5.88 Å². The molecule has 3 rings (SSSR count).